The topological polar surface area (TPSA) is 23.0 Å². The summed E-state index contributed by atoms with van der Waals surface area (Å²) in [5.41, 5.74) is 16.2. The molecule has 0 saturated carbocycles. The van der Waals surface area contributed by atoms with E-state index >= 15 is 0 Å². The molecule has 0 amide bonds. The van der Waals surface area contributed by atoms with Crippen LogP contribution in [0.5, 0.6) is 0 Å². The Morgan fingerprint density at radius 2 is 1.26 bits per heavy atom. The molecule has 0 saturated heterocycles. The molecular weight excluding hydrogens is 645 g/mol. The third kappa shape index (κ3) is 4.16. The summed E-state index contributed by atoms with van der Waals surface area (Å²) in [5.74, 6) is 0.279. The minimum absolute atomic E-state index is 0.279. The number of rotatable bonds is 3. The molecule has 0 fully saturated rings. The highest BCUT2D eigenvalue weighted by Crippen LogP contribution is 2.45. The number of furan rings is 1. The molecule has 12 rings (SSSR count). The fourth-order valence-electron chi connectivity index (χ4n) is 9.51. The maximum atomic E-state index is 6.40. The molecule has 7 aromatic carbocycles. The second-order valence-electron chi connectivity index (χ2n) is 14.7. The van der Waals surface area contributed by atoms with Crippen LogP contribution in [0.2, 0.25) is 0 Å². The fourth-order valence-corrected chi connectivity index (χ4v) is 9.51. The second-order valence-corrected chi connectivity index (χ2v) is 14.7. The Bertz CT molecular complexity index is 3200. The molecule has 3 heterocycles. The normalized spacial score (nSPS) is 15.5. The summed E-state index contributed by atoms with van der Waals surface area (Å²) < 4.78 is 11.3. The Labute approximate surface area is 306 Å². The number of hydrogen-bond donors (Lipinski definition) is 0. The van der Waals surface area contributed by atoms with E-state index in [1.165, 1.54) is 77.1 Å². The molecule has 3 nitrogen and oxygen atoms in total. The van der Waals surface area contributed by atoms with Crippen LogP contribution in [-0.4, -0.2) is 9.13 Å². The number of benzene rings is 7. The van der Waals surface area contributed by atoms with Crippen molar-refractivity contribution in [3.8, 4) is 16.8 Å². The molecule has 0 radical (unpaired) electrons. The summed E-state index contributed by atoms with van der Waals surface area (Å²) >= 11 is 0. The van der Waals surface area contributed by atoms with Gasteiger partial charge in [0.25, 0.3) is 0 Å². The smallest absolute Gasteiger partial charge is 0.136 e. The van der Waals surface area contributed by atoms with E-state index in [9.17, 15) is 0 Å². The SMILES string of the molecule is C1=CC(c2ccc3c(c2)c2cc4oc5ccccc5c4cc2n3-c2ccccc2)CC=C1n1c2ccccc2c2c3c(ccc21)CCc1ccccc1-3. The summed E-state index contributed by atoms with van der Waals surface area (Å²) in [6, 6.07) is 53.4. The van der Waals surface area contributed by atoms with E-state index in [2.05, 4.69) is 167 Å². The number of hydrogen-bond acceptors (Lipinski definition) is 1. The fraction of sp³-hybridized carbons (Fsp3) is 0.0800. The highest BCUT2D eigenvalue weighted by atomic mass is 16.3. The van der Waals surface area contributed by atoms with E-state index < -0.39 is 0 Å². The number of aromatic nitrogens is 2. The van der Waals surface area contributed by atoms with Crippen molar-refractivity contribution in [2.45, 2.75) is 25.2 Å². The molecule has 3 aromatic heterocycles. The van der Waals surface area contributed by atoms with Crippen LogP contribution in [0.15, 0.2) is 168 Å². The minimum Gasteiger partial charge on any atom is -0.456 e. The van der Waals surface area contributed by atoms with Crippen molar-refractivity contribution in [3.05, 3.63) is 181 Å². The molecule has 0 aliphatic heterocycles. The largest absolute Gasteiger partial charge is 0.456 e. The molecule has 0 spiro atoms. The Hall–Kier alpha value is -6.58. The van der Waals surface area contributed by atoms with E-state index in [1.54, 1.807) is 0 Å². The molecule has 250 valence electrons. The van der Waals surface area contributed by atoms with Crippen molar-refractivity contribution in [2.24, 2.45) is 0 Å². The first-order chi connectivity index (χ1) is 26.3. The number of fused-ring (bicyclic) bond motifs is 13. The quantitative estimate of drug-likeness (QED) is 0.182. The predicted octanol–water partition coefficient (Wildman–Crippen LogP) is 13.1. The average molecular weight is 679 g/mol. The van der Waals surface area contributed by atoms with Gasteiger partial charge in [-0.2, -0.15) is 0 Å². The van der Waals surface area contributed by atoms with Crippen LogP contribution in [0.3, 0.4) is 0 Å². The average Bonchev–Trinajstić information content (AvgIpc) is 3.87. The van der Waals surface area contributed by atoms with E-state index in [0.29, 0.717) is 0 Å². The van der Waals surface area contributed by atoms with Gasteiger partial charge in [-0.15, -0.1) is 0 Å². The van der Waals surface area contributed by atoms with Crippen molar-refractivity contribution in [1.29, 1.82) is 0 Å². The van der Waals surface area contributed by atoms with Crippen LogP contribution in [-0.2, 0) is 12.8 Å². The highest BCUT2D eigenvalue weighted by molar-refractivity contribution is 6.19. The van der Waals surface area contributed by atoms with Gasteiger partial charge in [0.05, 0.1) is 22.1 Å². The molecule has 53 heavy (non-hydrogen) atoms. The van der Waals surface area contributed by atoms with E-state index in [4.69, 9.17) is 4.42 Å². The molecule has 1 unspecified atom stereocenters. The van der Waals surface area contributed by atoms with Crippen LogP contribution in [0, 0.1) is 0 Å². The first-order valence-electron chi connectivity index (χ1n) is 18.8. The van der Waals surface area contributed by atoms with Crippen molar-refractivity contribution in [2.75, 3.05) is 0 Å². The Balaban J connectivity index is 0.985. The van der Waals surface area contributed by atoms with Crippen LogP contribution in [0.1, 0.15) is 29.0 Å². The maximum absolute atomic E-state index is 6.40. The van der Waals surface area contributed by atoms with Gasteiger partial charge < -0.3 is 13.6 Å². The van der Waals surface area contributed by atoms with Gasteiger partial charge >= 0.3 is 0 Å². The zero-order valence-corrected chi connectivity index (χ0v) is 29.1. The standard InChI is InChI=1S/C50H34N2O/c1-2-11-35(12-3-1)52-44-26-23-34(28-40(44)41-30-48-42(29-46(41)52)38-14-7-9-17-47(38)53-48)31-20-24-36(25-21-31)51-43-16-8-6-15-39(43)50-45(51)27-22-33-19-18-32-10-4-5-13-37(32)49(33)50/h1-17,20,22-31H,18-19,21H2. The van der Waals surface area contributed by atoms with E-state index in [0.717, 1.165) is 46.9 Å². The molecule has 0 N–H and O–H groups in total. The number of aryl methyl sites for hydroxylation is 2. The van der Waals surface area contributed by atoms with Crippen LogP contribution in [0.4, 0.5) is 0 Å². The van der Waals surface area contributed by atoms with Gasteiger partial charge in [0.2, 0.25) is 0 Å². The third-order valence-electron chi connectivity index (χ3n) is 11.9. The second kappa shape index (κ2) is 11.0. The molecule has 2 aliphatic rings. The summed E-state index contributed by atoms with van der Waals surface area (Å²) in [5, 5.41) is 7.46. The first kappa shape index (κ1) is 29.0. The molecule has 2 aliphatic carbocycles. The summed E-state index contributed by atoms with van der Waals surface area (Å²) in [7, 11) is 0. The summed E-state index contributed by atoms with van der Waals surface area (Å²) in [4.78, 5) is 0. The van der Waals surface area contributed by atoms with Crippen LogP contribution < -0.4 is 0 Å². The number of nitrogens with zero attached hydrogens (tertiary/aromatic N) is 2. The van der Waals surface area contributed by atoms with Gasteiger partial charge in [0, 0.05) is 49.6 Å². The van der Waals surface area contributed by atoms with Crippen LogP contribution in [0.25, 0.3) is 88.1 Å². The zero-order valence-electron chi connectivity index (χ0n) is 29.1. The van der Waals surface area contributed by atoms with Gasteiger partial charge in [-0.05, 0) is 108 Å². The van der Waals surface area contributed by atoms with Crippen molar-refractivity contribution < 1.29 is 4.42 Å². The molecule has 0 bridgehead atoms. The lowest BCUT2D eigenvalue weighted by atomic mass is 9.83. The van der Waals surface area contributed by atoms with Crippen molar-refractivity contribution in [1.82, 2.24) is 9.13 Å². The molecule has 1 atom stereocenters. The third-order valence-corrected chi connectivity index (χ3v) is 11.9. The summed E-state index contributed by atoms with van der Waals surface area (Å²) in [6.45, 7) is 0. The van der Waals surface area contributed by atoms with Gasteiger partial charge in [-0.25, -0.2) is 0 Å². The molecule has 10 aromatic rings. The van der Waals surface area contributed by atoms with Gasteiger partial charge in [0.15, 0.2) is 0 Å². The number of para-hydroxylation sites is 3. The first-order valence-corrected chi connectivity index (χ1v) is 18.8. The molecule has 3 heteroatoms. The van der Waals surface area contributed by atoms with Gasteiger partial charge in [0.1, 0.15) is 11.2 Å². The minimum atomic E-state index is 0.279. The lowest BCUT2D eigenvalue weighted by molar-refractivity contribution is 0.669. The van der Waals surface area contributed by atoms with Crippen molar-refractivity contribution in [3.63, 3.8) is 0 Å². The Kier molecular flexibility index (Phi) is 6.01. The predicted molar refractivity (Wildman–Crippen MR) is 221 cm³/mol. The maximum Gasteiger partial charge on any atom is 0.136 e. The number of allylic oxidation sites excluding steroid dienone is 4. The Morgan fingerprint density at radius 1 is 0.509 bits per heavy atom. The monoisotopic (exact) mass is 678 g/mol. The van der Waals surface area contributed by atoms with E-state index in [-0.39, 0.29) is 5.92 Å². The lowest BCUT2D eigenvalue weighted by Crippen LogP contribution is -2.05. The van der Waals surface area contributed by atoms with Gasteiger partial charge in [-0.3, -0.25) is 0 Å². The van der Waals surface area contributed by atoms with Gasteiger partial charge in [-0.1, -0.05) is 103 Å². The van der Waals surface area contributed by atoms with Crippen molar-refractivity contribution >= 4 is 71.2 Å². The Morgan fingerprint density at radius 3 is 2.17 bits per heavy atom. The van der Waals surface area contributed by atoms with Crippen LogP contribution >= 0.6 is 0 Å². The highest BCUT2D eigenvalue weighted by Gasteiger charge is 2.24. The lowest BCUT2D eigenvalue weighted by Gasteiger charge is -2.22. The van der Waals surface area contributed by atoms with E-state index in [1.807, 2.05) is 6.07 Å². The zero-order chi connectivity index (χ0) is 34.6. The summed E-state index contributed by atoms with van der Waals surface area (Å²) in [6.07, 6.45) is 10.3. The molecular formula is C50H34N2O.